The maximum atomic E-state index is 11.6. The second kappa shape index (κ2) is 6.40. The van der Waals surface area contributed by atoms with E-state index in [1.807, 2.05) is 0 Å². The van der Waals surface area contributed by atoms with E-state index in [1.54, 1.807) is 38.1 Å². The van der Waals surface area contributed by atoms with Crippen molar-refractivity contribution in [1.29, 1.82) is 0 Å². The summed E-state index contributed by atoms with van der Waals surface area (Å²) in [7, 11) is 0. The summed E-state index contributed by atoms with van der Waals surface area (Å²) in [5.41, 5.74) is 0.732. The van der Waals surface area contributed by atoms with Gasteiger partial charge in [-0.2, -0.15) is 0 Å². The molecular weight excluding hydrogens is 254 g/mol. The minimum atomic E-state index is -0.959. The first-order chi connectivity index (χ1) is 8.40. The smallest absolute Gasteiger partial charge is 0.305 e. The predicted octanol–water partition coefficient (Wildman–Crippen LogP) is 2.63. The molecule has 1 amide bonds. The number of aliphatic carboxylic acids is 1. The maximum Gasteiger partial charge on any atom is 0.305 e. The van der Waals surface area contributed by atoms with Crippen molar-refractivity contribution >= 4 is 23.5 Å². The van der Waals surface area contributed by atoms with E-state index in [9.17, 15) is 9.59 Å². The number of halogens is 1. The molecule has 1 unspecified atom stereocenters. The van der Waals surface area contributed by atoms with Crippen LogP contribution in [-0.2, 0) is 9.59 Å². The summed E-state index contributed by atoms with van der Waals surface area (Å²) in [6.07, 6.45) is -0.153. The molecule has 0 fully saturated rings. The van der Waals surface area contributed by atoms with E-state index < -0.39 is 12.0 Å². The van der Waals surface area contributed by atoms with E-state index in [0.717, 1.165) is 5.56 Å². The summed E-state index contributed by atoms with van der Waals surface area (Å²) >= 11 is 5.77. The number of carbonyl (C=O) groups is 2. The minimum Gasteiger partial charge on any atom is -0.481 e. The van der Waals surface area contributed by atoms with Crippen molar-refractivity contribution in [2.24, 2.45) is 5.92 Å². The van der Waals surface area contributed by atoms with E-state index in [2.05, 4.69) is 5.32 Å². The molecule has 5 heteroatoms. The summed E-state index contributed by atoms with van der Waals surface area (Å²) in [4.78, 5) is 22.5. The van der Waals surface area contributed by atoms with E-state index in [-0.39, 0.29) is 18.2 Å². The molecule has 1 aromatic carbocycles. The van der Waals surface area contributed by atoms with Crippen LogP contribution >= 0.6 is 11.6 Å². The van der Waals surface area contributed by atoms with Crippen molar-refractivity contribution in [3.63, 3.8) is 0 Å². The molecule has 1 rings (SSSR count). The third kappa shape index (κ3) is 4.37. The summed E-state index contributed by atoms with van der Waals surface area (Å²) in [5.74, 6) is -1.32. The van der Waals surface area contributed by atoms with Gasteiger partial charge in [-0.25, -0.2) is 0 Å². The van der Waals surface area contributed by atoms with Crippen molar-refractivity contribution in [3.8, 4) is 0 Å². The zero-order valence-electron chi connectivity index (χ0n) is 10.3. The molecule has 0 aromatic heterocycles. The summed E-state index contributed by atoms with van der Waals surface area (Å²) in [6.45, 7) is 3.52. The summed E-state index contributed by atoms with van der Waals surface area (Å²) < 4.78 is 0. The Balaban J connectivity index is 2.87. The normalized spacial score (nSPS) is 12.2. The predicted molar refractivity (Wildman–Crippen MR) is 69.4 cm³/mol. The minimum absolute atomic E-state index is 0.153. The molecule has 0 saturated heterocycles. The van der Waals surface area contributed by atoms with Gasteiger partial charge in [0, 0.05) is 10.9 Å². The lowest BCUT2D eigenvalue weighted by atomic mass is 10.0. The Labute approximate surface area is 111 Å². The van der Waals surface area contributed by atoms with Gasteiger partial charge in [-0.05, 0) is 17.7 Å². The molecule has 0 radical (unpaired) electrons. The molecule has 2 N–H and O–H groups in total. The molecule has 0 aliphatic rings. The lowest BCUT2D eigenvalue weighted by molar-refractivity contribution is -0.137. The van der Waals surface area contributed by atoms with E-state index in [4.69, 9.17) is 16.7 Å². The highest BCUT2D eigenvalue weighted by atomic mass is 35.5. The second-order valence-electron chi connectivity index (χ2n) is 4.37. The number of rotatable bonds is 5. The Morgan fingerprint density at radius 1 is 1.28 bits per heavy atom. The molecule has 0 spiro atoms. The SMILES string of the molecule is CC(C)C(=O)NC(CC(=O)O)c1ccc(Cl)cc1. The van der Waals surface area contributed by atoms with Crippen LogP contribution in [0.25, 0.3) is 0 Å². The largest absolute Gasteiger partial charge is 0.481 e. The molecule has 4 nitrogen and oxygen atoms in total. The Kier molecular flexibility index (Phi) is 5.16. The first kappa shape index (κ1) is 14.5. The van der Waals surface area contributed by atoms with Crippen molar-refractivity contribution < 1.29 is 14.7 Å². The van der Waals surface area contributed by atoms with E-state index >= 15 is 0 Å². The number of amides is 1. The van der Waals surface area contributed by atoms with Crippen LogP contribution in [-0.4, -0.2) is 17.0 Å². The molecule has 0 saturated carbocycles. The summed E-state index contributed by atoms with van der Waals surface area (Å²) in [6, 6.07) is 6.25. The standard InChI is InChI=1S/C13H16ClNO3/c1-8(2)13(18)15-11(7-12(16)17)9-3-5-10(14)6-4-9/h3-6,8,11H,7H2,1-2H3,(H,15,18)(H,16,17). The average molecular weight is 270 g/mol. The van der Waals surface area contributed by atoms with Crippen LogP contribution in [0.15, 0.2) is 24.3 Å². The third-order valence-corrected chi connectivity index (χ3v) is 2.74. The zero-order chi connectivity index (χ0) is 13.7. The van der Waals surface area contributed by atoms with Gasteiger partial charge in [-0.3, -0.25) is 9.59 Å². The molecule has 0 bridgehead atoms. The van der Waals surface area contributed by atoms with E-state index in [0.29, 0.717) is 5.02 Å². The van der Waals surface area contributed by atoms with Crippen LogP contribution in [0, 0.1) is 5.92 Å². The monoisotopic (exact) mass is 269 g/mol. The van der Waals surface area contributed by atoms with Gasteiger partial charge < -0.3 is 10.4 Å². The number of hydrogen-bond acceptors (Lipinski definition) is 2. The van der Waals surface area contributed by atoms with Crippen molar-refractivity contribution in [1.82, 2.24) is 5.32 Å². The molecule has 1 aromatic rings. The molecule has 0 aliphatic heterocycles. The van der Waals surface area contributed by atoms with Crippen LogP contribution in [0.3, 0.4) is 0 Å². The van der Waals surface area contributed by atoms with Gasteiger partial charge in [0.1, 0.15) is 0 Å². The Morgan fingerprint density at radius 2 is 1.83 bits per heavy atom. The van der Waals surface area contributed by atoms with Crippen LogP contribution < -0.4 is 5.32 Å². The van der Waals surface area contributed by atoms with Gasteiger partial charge in [0.2, 0.25) is 5.91 Å². The number of carboxylic acids is 1. The second-order valence-corrected chi connectivity index (χ2v) is 4.80. The Hall–Kier alpha value is -1.55. The fraction of sp³-hybridized carbons (Fsp3) is 0.385. The molecule has 1 atom stereocenters. The quantitative estimate of drug-likeness (QED) is 0.863. The van der Waals surface area contributed by atoms with E-state index in [1.165, 1.54) is 0 Å². The van der Waals surface area contributed by atoms with Gasteiger partial charge in [-0.1, -0.05) is 37.6 Å². The Bertz CT molecular complexity index is 428. The number of nitrogens with one attached hydrogen (secondary N) is 1. The van der Waals surface area contributed by atoms with Crippen LogP contribution in [0.5, 0.6) is 0 Å². The lowest BCUT2D eigenvalue weighted by Gasteiger charge is -2.18. The topological polar surface area (TPSA) is 66.4 Å². The van der Waals surface area contributed by atoms with Crippen molar-refractivity contribution in [3.05, 3.63) is 34.9 Å². The molecule has 0 heterocycles. The fourth-order valence-electron chi connectivity index (χ4n) is 1.46. The molecule has 0 aliphatic carbocycles. The number of benzene rings is 1. The van der Waals surface area contributed by atoms with Gasteiger partial charge in [0.05, 0.1) is 12.5 Å². The zero-order valence-corrected chi connectivity index (χ0v) is 11.1. The molecule has 18 heavy (non-hydrogen) atoms. The summed E-state index contributed by atoms with van der Waals surface area (Å²) in [5, 5.41) is 12.2. The molecular formula is C13H16ClNO3. The lowest BCUT2D eigenvalue weighted by Crippen LogP contribution is -2.33. The molecule has 98 valence electrons. The first-order valence-corrected chi connectivity index (χ1v) is 6.05. The van der Waals surface area contributed by atoms with Crippen LogP contribution in [0.4, 0.5) is 0 Å². The van der Waals surface area contributed by atoms with Gasteiger partial charge in [-0.15, -0.1) is 0 Å². The van der Waals surface area contributed by atoms with Crippen molar-refractivity contribution in [2.45, 2.75) is 26.3 Å². The fourth-order valence-corrected chi connectivity index (χ4v) is 1.59. The van der Waals surface area contributed by atoms with Crippen molar-refractivity contribution in [2.75, 3.05) is 0 Å². The number of hydrogen-bond donors (Lipinski definition) is 2. The van der Waals surface area contributed by atoms with Gasteiger partial charge in [0.25, 0.3) is 0 Å². The van der Waals surface area contributed by atoms with Crippen LogP contribution in [0.2, 0.25) is 5.02 Å². The maximum absolute atomic E-state index is 11.6. The third-order valence-electron chi connectivity index (χ3n) is 2.49. The number of carboxylic acid groups (broad SMARTS) is 1. The van der Waals surface area contributed by atoms with Gasteiger partial charge in [0.15, 0.2) is 0 Å². The average Bonchev–Trinajstić information content (AvgIpc) is 2.28. The highest BCUT2D eigenvalue weighted by Crippen LogP contribution is 2.20. The first-order valence-electron chi connectivity index (χ1n) is 5.67. The Morgan fingerprint density at radius 3 is 2.28 bits per heavy atom. The van der Waals surface area contributed by atoms with Crippen LogP contribution in [0.1, 0.15) is 31.9 Å². The highest BCUT2D eigenvalue weighted by molar-refractivity contribution is 6.30. The highest BCUT2D eigenvalue weighted by Gasteiger charge is 2.19. The van der Waals surface area contributed by atoms with Gasteiger partial charge >= 0.3 is 5.97 Å². The number of carbonyl (C=O) groups excluding carboxylic acids is 1.